The Morgan fingerprint density at radius 2 is 2.22 bits per heavy atom. The predicted octanol–water partition coefficient (Wildman–Crippen LogP) is 4.37. The molecule has 5 nitrogen and oxygen atoms in total. The van der Waals surface area contributed by atoms with E-state index in [2.05, 4.69) is 23.3 Å². The third-order valence-corrected chi connectivity index (χ3v) is 3.87. The van der Waals surface area contributed by atoms with Crippen molar-refractivity contribution >= 4 is 11.9 Å². The largest absolute Gasteiger partial charge is 0.444 e. The van der Waals surface area contributed by atoms with E-state index in [1.807, 2.05) is 31.7 Å². The zero-order valence-corrected chi connectivity index (χ0v) is 14.8. The Balaban J connectivity index is 2.23. The highest BCUT2D eigenvalue weighted by Gasteiger charge is 2.32. The Morgan fingerprint density at radius 1 is 1.43 bits per heavy atom. The molecule has 2 heterocycles. The molecule has 1 atom stereocenters. The number of ether oxygens (including phenoxy) is 1. The van der Waals surface area contributed by atoms with Crippen LogP contribution in [0.25, 0.3) is 0 Å². The molecular formula is C18H29N3O2. The van der Waals surface area contributed by atoms with Gasteiger partial charge in [0.2, 0.25) is 0 Å². The summed E-state index contributed by atoms with van der Waals surface area (Å²) in [7, 11) is 0. The fourth-order valence-corrected chi connectivity index (χ4v) is 2.87. The number of hydrogen-bond acceptors (Lipinski definition) is 4. The van der Waals surface area contributed by atoms with Crippen molar-refractivity contribution in [3.8, 4) is 0 Å². The van der Waals surface area contributed by atoms with Gasteiger partial charge in [-0.15, -0.1) is 0 Å². The van der Waals surface area contributed by atoms with E-state index in [9.17, 15) is 4.79 Å². The molecule has 2 rings (SSSR count). The maximum Gasteiger partial charge on any atom is 0.410 e. The first-order chi connectivity index (χ1) is 10.9. The molecule has 128 valence electrons. The maximum absolute atomic E-state index is 12.6. The van der Waals surface area contributed by atoms with Crippen LogP contribution in [0.2, 0.25) is 0 Å². The quantitative estimate of drug-likeness (QED) is 0.895. The molecule has 1 saturated heterocycles. The average Bonchev–Trinajstić information content (AvgIpc) is 2.51. The highest BCUT2D eigenvalue weighted by atomic mass is 16.6. The van der Waals surface area contributed by atoms with E-state index in [1.54, 1.807) is 6.20 Å². The SMILES string of the molecule is CCCNc1ncccc1C1CCCCN1C(=O)OC(C)(C)C. The van der Waals surface area contributed by atoms with Gasteiger partial charge in [0, 0.05) is 24.8 Å². The van der Waals surface area contributed by atoms with Crippen molar-refractivity contribution in [2.45, 2.75) is 65.0 Å². The van der Waals surface area contributed by atoms with Gasteiger partial charge in [-0.1, -0.05) is 13.0 Å². The number of piperidine rings is 1. The molecule has 1 aromatic rings. The van der Waals surface area contributed by atoms with E-state index in [1.165, 1.54) is 0 Å². The van der Waals surface area contributed by atoms with Gasteiger partial charge in [-0.2, -0.15) is 0 Å². The fourth-order valence-electron chi connectivity index (χ4n) is 2.87. The molecule has 1 unspecified atom stereocenters. The Kier molecular flexibility index (Phi) is 5.85. The molecule has 1 N–H and O–H groups in total. The average molecular weight is 319 g/mol. The third-order valence-electron chi connectivity index (χ3n) is 3.87. The molecule has 1 fully saturated rings. The number of nitrogens with one attached hydrogen (secondary N) is 1. The summed E-state index contributed by atoms with van der Waals surface area (Å²) in [6.07, 6.45) is 5.69. The summed E-state index contributed by atoms with van der Waals surface area (Å²) >= 11 is 0. The van der Waals surface area contributed by atoms with Gasteiger partial charge in [-0.25, -0.2) is 9.78 Å². The first-order valence-corrected chi connectivity index (χ1v) is 8.61. The number of amides is 1. The summed E-state index contributed by atoms with van der Waals surface area (Å²) in [5.41, 5.74) is 0.614. The van der Waals surface area contributed by atoms with E-state index in [-0.39, 0.29) is 12.1 Å². The summed E-state index contributed by atoms with van der Waals surface area (Å²) < 4.78 is 5.60. The third kappa shape index (κ3) is 4.85. The lowest BCUT2D eigenvalue weighted by atomic mass is 9.96. The van der Waals surface area contributed by atoms with Crippen molar-refractivity contribution in [3.63, 3.8) is 0 Å². The van der Waals surface area contributed by atoms with Crippen LogP contribution < -0.4 is 5.32 Å². The van der Waals surface area contributed by atoms with Gasteiger partial charge in [0.25, 0.3) is 0 Å². The minimum atomic E-state index is -0.475. The fraction of sp³-hybridized carbons (Fsp3) is 0.667. The Labute approximate surface area is 139 Å². The van der Waals surface area contributed by atoms with Crippen molar-refractivity contribution in [2.75, 3.05) is 18.4 Å². The molecule has 0 aromatic carbocycles. The summed E-state index contributed by atoms with van der Waals surface area (Å²) in [5.74, 6) is 0.884. The number of carbonyl (C=O) groups excluding carboxylic acids is 1. The minimum absolute atomic E-state index is 0.0339. The van der Waals surface area contributed by atoms with Crippen LogP contribution in [-0.4, -0.2) is 34.7 Å². The second-order valence-electron chi connectivity index (χ2n) is 7.05. The standard InChI is InChI=1S/C18H29N3O2/c1-5-11-19-16-14(9-8-12-20-16)15-10-6-7-13-21(15)17(22)23-18(2,3)4/h8-9,12,15H,5-7,10-11,13H2,1-4H3,(H,19,20). The summed E-state index contributed by atoms with van der Waals surface area (Å²) in [5, 5.41) is 3.38. The number of nitrogens with zero attached hydrogens (tertiary/aromatic N) is 2. The monoisotopic (exact) mass is 319 g/mol. The summed E-state index contributed by atoms with van der Waals surface area (Å²) in [6, 6.07) is 4.04. The molecule has 1 aliphatic rings. The van der Waals surface area contributed by atoms with Gasteiger partial charge in [-0.05, 0) is 52.5 Å². The molecule has 0 spiro atoms. The topological polar surface area (TPSA) is 54.5 Å². The van der Waals surface area contributed by atoms with E-state index < -0.39 is 5.60 Å². The molecule has 5 heteroatoms. The molecular weight excluding hydrogens is 290 g/mol. The molecule has 0 aliphatic carbocycles. The van der Waals surface area contributed by atoms with Crippen molar-refractivity contribution in [1.29, 1.82) is 0 Å². The first-order valence-electron chi connectivity index (χ1n) is 8.61. The highest BCUT2D eigenvalue weighted by molar-refractivity contribution is 5.69. The second-order valence-corrected chi connectivity index (χ2v) is 7.05. The van der Waals surface area contributed by atoms with Crippen LogP contribution >= 0.6 is 0 Å². The van der Waals surface area contributed by atoms with E-state index in [0.717, 1.165) is 50.2 Å². The number of likely N-dealkylation sites (tertiary alicyclic amines) is 1. The van der Waals surface area contributed by atoms with E-state index >= 15 is 0 Å². The lowest BCUT2D eigenvalue weighted by Crippen LogP contribution is -2.42. The van der Waals surface area contributed by atoms with Crippen LogP contribution in [-0.2, 0) is 4.74 Å². The first kappa shape index (κ1) is 17.6. The molecule has 0 radical (unpaired) electrons. The molecule has 0 saturated carbocycles. The molecule has 23 heavy (non-hydrogen) atoms. The number of carbonyl (C=O) groups is 1. The highest BCUT2D eigenvalue weighted by Crippen LogP contribution is 2.35. The summed E-state index contributed by atoms with van der Waals surface area (Å²) in [4.78, 5) is 18.9. The van der Waals surface area contributed by atoms with Crippen molar-refractivity contribution < 1.29 is 9.53 Å². The second kappa shape index (κ2) is 7.66. The van der Waals surface area contributed by atoms with Crippen LogP contribution in [0.5, 0.6) is 0 Å². The predicted molar refractivity (Wildman–Crippen MR) is 92.5 cm³/mol. The zero-order chi connectivity index (χ0) is 16.9. The number of rotatable bonds is 4. The molecule has 1 amide bonds. The van der Waals surface area contributed by atoms with Gasteiger partial charge in [0.15, 0.2) is 0 Å². The van der Waals surface area contributed by atoms with Crippen molar-refractivity contribution in [2.24, 2.45) is 0 Å². The maximum atomic E-state index is 12.6. The number of pyridine rings is 1. The lowest BCUT2D eigenvalue weighted by molar-refractivity contribution is 0.00957. The van der Waals surface area contributed by atoms with Gasteiger partial charge in [-0.3, -0.25) is 0 Å². The van der Waals surface area contributed by atoms with Crippen LogP contribution in [0.15, 0.2) is 18.3 Å². The molecule has 0 bridgehead atoms. The number of hydrogen-bond donors (Lipinski definition) is 1. The smallest absolute Gasteiger partial charge is 0.410 e. The van der Waals surface area contributed by atoms with Crippen LogP contribution in [0.1, 0.15) is 65.0 Å². The summed E-state index contributed by atoms with van der Waals surface area (Å²) in [6.45, 7) is 9.46. The van der Waals surface area contributed by atoms with Crippen molar-refractivity contribution in [3.05, 3.63) is 23.9 Å². The van der Waals surface area contributed by atoms with Gasteiger partial charge in [0.05, 0.1) is 6.04 Å². The van der Waals surface area contributed by atoms with E-state index in [4.69, 9.17) is 4.74 Å². The molecule has 1 aromatic heterocycles. The molecule has 1 aliphatic heterocycles. The zero-order valence-electron chi connectivity index (χ0n) is 14.8. The van der Waals surface area contributed by atoms with E-state index in [0.29, 0.717) is 0 Å². The lowest BCUT2D eigenvalue weighted by Gasteiger charge is -2.37. The van der Waals surface area contributed by atoms with Crippen LogP contribution in [0.3, 0.4) is 0 Å². The van der Waals surface area contributed by atoms with Gasteiger partial charge in [0.1, 0.15) is 11.4 Å². The van der Waals surface area contributed by atoms with Crippen molar-refractivity contribution in [1.82, 2.24) is 9.88 Å². The van der Waals surface area contributed by atoms with Crippen LogP contribution in [0.4, 0.5) is 10.6 Å². The Bertz CT molecular complexity index is 525. The van der Waals surface area contributed by atoms with Gasteiger partial charge >= 0.3 is 6.09 Å². The normalized spacial score (nSPS) is 18.6. The minimum Gasteiger partial charge on any atom is -0.444 e. The Hall–Kier alpha value is -1.78. The number of anilines is 1. The van der Waals surface area contributed by atoms with Gasteiger partial charge < -0.3 is 15.0 Å². The number of aromatic nitrogens is 1. The Morgan fingerprint density at radius 3 is 2.91 bits per heavy atom. The van der Waals surface area contributed by atoms with Crippen LogP contribution in [0, 0.1) is 0 Å².